The van der Waals surface area contributed by atoms with Crippen molar-refractivity contribution in [1.82, 2.24) is 0 Å². The molecule has 0 radical (unpaired) electrons. The topological polar surface area (TPSA) is 23.8 Å². The second kappa shape index (κ2) is 4.02. The summed E-state index contributed by atoms with van der Waals surface area (Å²) in [6.07, 6.45) is 0.971. The van der Waals surface area contributed by atoms with Crippen LogP contribution in [0.1, 0.15) is 31.9 Å². The molecule has 0 fully saturated rings. The molecule has 0 amide bonds. The third kappa shape index (κ3) is 3.05. The van der Waals surface area contributed by atoms with Crippen LogP contribution in [0.2, 0.25) is 5.02 Å². The third-order valence-electron chi connectivity index (χ3n) is 1.89. The van der Waals surface area contributed by atoms with Gasteiger partial charge in [0.15, 0.2) is 0 Å². The lowest BCUT2D eigenvalue weighted by atomic mass is 9.88. The number of hydrogen-bond donors (Lipinski definition) is 0. The summed E-state index contributed by atoms with van der Waals surface area (Å²) in [5.41, 5.74) is 1.98. The molecule has 0 aliphatic heterocycles. The summed E-state index contributed by atoms with van der Waals surface area (Å²) in [5, 5.41) is 9.26. The first-order valence-electron chi connectivity index (χ1n) is 4.61. The molecule has 0 spiro atoms. The predicted octanol–water partition coefficient (Wildman–Crippen LogP) is 3.80. The average Bonchev–Trinajstić information content (AvgIpc) is 2.01. The number of rotatable bonds is 1. The van der Waals surface area contributed by atoms with Gasteiger partial charge in [0.05, 0.1) is 10.6 Å². The van der Waals surface area contributed by atoms with Crippen molar-refractivity contribution in [2.45, 2.75) is 27.2 Å². The first-order valence-corrected chi connectivity index (χ1v) is 4.99. The Labute approximate surface area is 90.3 Å². The zero-order valence-electron chi connectivity index (χ0n) is 8.76. The number of nitrogens with zero attached hydrogens (tertiary/aromatic N) is 1. The van der Waals surface area contributed by atoms with Crippen LogP contribution >= 0.6 is 11.6 Å². The van der Waals surface area contributed by atoms with Gasteiger partial charge in [-0.15, -0.1) is 0 Å². The van der Waals surface area contributed by atoms with E-state index in [1.807, 2.05) is 12.1 Å². The first-order chi connectivity index (χ1) is 6.42. The second-order valence-electron chi connectivity index (χ2n) is 4.66. The van der Waals surface area contributed by atoms with Crippen LogP contribution in [-0.4, -0.2) is 0 Å². The lowest BCUT2D eigenvalue weighted by molar-refractivity contribution is 0.411. The lowest BCUT2D eigenvalue weighted by Gasteiger charge is -2.18. The molecule has 74 valence electrons. The molecule has 14 heavy (non-hydrogen) atoms. The van der Waals surface area contributed by atoms with Gasteiger partial charge in [-0.25, -0.2) is 0 Å². The molecule has 2 heteroatoms. The summed E-state index contributed by atoms with van der Waals surface area (Å²) >= 11 is 5.94. The van der Waals surface area contributed by atoms with E-state index in [0.29, 0.717) is 10.6 Å². The van der Waals surface area contributed by atoms with Crippen molar-refractivity contribution in [3.63, 3.8) is 0 Å². The molecule has 1 rings (SSSR count). The maximum Gasteiger partial charge on any atom is 0.101 e. The molecule has 0 aliphatic carbocycles. The van der Waals surface area contributed by atoms with E-state index in [2.05, 4.69) is 26.8 Å². The summed E-state index contributed by atoms with van der Waals surface area (Å²) in [6, 6.07) is 7.68. The van der Waals surface area contributed by atoms with Gasteiger partial charge in [-0.1, -0.05) is 38.4 Å². The number of benzene rings is 1. The molecule has 0 atom stereocenters. The summed E-state index contributed by atoms with van der Waals surface area (Å²) in [5.74, 6) is 0. The minimum absolute atomic E-state index is 0.248. The van der Waals surface area contributed by atoms with Gasteiger partial charge >= 0.3 is 0 Å². The van der Waals surface area contributed by atoms with Gasteiger partial charge in [0.25, 0.3) is 0 Å². The number of halogens is 1. The highest BCUT2D eigenvalue weighted by Gasteiger charge is 2.12. The maximum atomic E-state index is 8.71. The lowest BCUT2D eigenvalue weighted by Crippen LogP contribution is -2.09. The minimum Gasteiger partial charge on any atom is -0.192 e. The molecule has 0 aromatic heterocycles. The normalized spacial score (nSPS) is 11.1. The molecule has 1 aromatic carbocycles. The molecule has 0 N–H and O–H groups in total. The fourth-order valence-electron chi connectivity index (χ4n) is 1.37. The Morgan fingerprint density at radius 3 is 2.43 bits per heavy atom. The van der Waals surface area contributed by atoms with Gasteiger partial charge < -0.3 is 0 Å². The van der Waals surface area contributed by atoms with Crippen LogP contribution in [0.15, 0.2) is 18.2 Å². The molecule has 1 aromatic rings. The third-order valence-corrected chi connectivity index (χ3v) is 2.20. The van der Waals surface area contributed by atoms with Crippen LogP contribution in [0.5, 0.6) is 0 Å². The van der Waals surface area contributed by atoms with Gasteiger partial charge in [-0.05, 0) is 29.5 Å². The Balaban J connectivity index is 2.94. The predicted molar refractivity (Wildman–Crippen MR) is 59.3 cm³/mol. The number of nitriles is 1. The molecular formula is C12H14ClN. The molecule has 0 saturated heterocycles. The molecule has 0 heterocycles. The van der Waals surface area contributed by atoms with E-state index in [1.54, 1.807) is 6.07 Å². The first kappa shape index (κ1) is 11.1. The van der Waals surface area contributed by atoms with Crippen LogP contribution in [-0.2, 0) is 6.42 Å². The van der Waals surface area contributed by atoms with Gasteiger partial charge in [0.2, 0.25) is 0 Å². The molecule has 0 aliphatic rings. The van der Waals surface area contributed by atoms with Gasteiger partial charge in [0.1, 0.15) is 6.07 Å². The maximum absolute atomic E-state index is 8.71. The Morgan fingerprint density at radius 2 is 2.00 bits per heavy atom. The SMILES string of the molecule is CC(C)(C)Cc1ccc(C#N)c(Cl)c1. The van der Waals surface area contributed by atoms with E-state index in [0.717, 1.165) is 6.42 Å². The molecular weight excluding hydrogens is 194 g/mol. The van der Waals surface area contributed by atoms with E-state index in [-0.39, 0.29) is 5.41 Å². The van der Waals surface area contributed by atoms with Crippen LogP contribution in [0, 0.1) is 16.7 Å². The Morgan fingerprint density at radius 1 is 1.36 bits per heavy atom. The molecule has 0 unspecified atom stereocenters. The second-order valence-corrected chi connectivity index (χ2v) is 5.07. The van der Waals surface area contributed by atoms with Crippen molar-refractivity contribution in [1.29, 1.82) is 5.26 Å². The summed E-state index contributed by atoms with van der Waals surface area (Å²) in [4.78, 5) is 0. The Kier molecular flexibility index (Phi) is 3.18. The Hall–Kier alpha value is -1.00. The van der Waals surface area contributed by atoms with Crippen molar-refractivity contribution >= 4 is 11.6 Å². The van der Waals surface area contributed by atoms with Gasteiger partial charge in [-0.3, -0.25) is 0 Å². The zero-order valence-corrected chi connectivity index (χ0v) is 9.52. The van der Waals surface area contributed by atoms with Crippen molar-refractivity contribution in [3.05, 3.63) is 34.3 Å². The fraction of sp³-hybridized carbons (Fsp3) is 0.417. The summed E-state index contributed by atoms with van der Waals surface area (Å²) in [7, 11) is 0. The van der Waals surface area contributed by atoms with E-state index < -0.39 is 0 Å². The smallest absolute Gasteiger partial charge is 0.101 e. The molecule has 0 bridgehead atoms. The minimum atomic E-state index is 0.248. The number of hydrogen-bond acceptors (Lipinski definition) is 1. The summed E-state index contributed by atoms with van der Waals surface area (Å²) < 4.78 is 0. The van der Waals surface area contributed by atoms with E-state index in [4.69, 9.17) is 16.9 Å². The van der Waals surface area contributed by atoms with Crippen molar-refractivity contribution in [2.24, 2.45) is 5.41 Å². The largest absolute Gasteiger partial charge is 0.192 e. The van der Waals surface area contributed by atoms with E-state index >= 15 is 0 Å². The highest BCUT2D eigenvalue weighted by Crippen LogP contribution is 2.24. The van der Waals surface area contributed by atoms with Crippen molar-refractivity contribution < 1.29 is 0 Å². The average molecular weight is 208 g/mol. The van der Waals surface area contributed by atoms with Gasteiger partial charge in [-0.2, -0.15) is 5.26 Å². The zero-order chi connectivity index (χ0) is 10.8. The monoisotopic (exact) mass is 207 g/mol. The van der Waals surface area contributed by atoms with Crippen LogP contribution in [0.4, 0.5) is 0 Å². The highest BCUT2D eigenvalue weighted by molar-refractivity contribution is 6.31. The van der Waals surface area contributed by atoms with Crippen LogP contribution in [0.3, 0.4) is 0 Å². The Bertz CT molecular complexity index is 369. The van der Waals surface area contributed by atoms with E-state index in [9.17, 15) is 0 Å². The molecule has 1 nitrogen and oxygen atoms in total. The quantitative estimate of drug-likeness (QED) is 0.687. The van der Waals surface area contributed by atoms with E-state index in [1.165, 1.54) is 5.56 Å². The van der Waals surface area contributed by atoms with Gasteiger partial charge in [0, 0.05) is 0 Å². The highest BCUT2D eigenvalue weighted by atomic mass is 35.5. The van der Waals surface area contributed by atoms with Crippen molar-refractivity contribution in [2.75, 3.05) is 0 Å². The molecule has 0 saturated carbocycles. The van der Waals surface area contributed by atoms with Crippen LogP contribution in [0.25, 0.3) is 0 Å². The van der Waals surface area contributed by atoms with Crippen molar-refractivity contribution in [3.8, 4) is 6.07 Å². The van der Waals surface area contributed by atoms with Crippen LogP contribution < -0.4 is 0 Å². The standard InChI is InChI=1S/C12H14ClN/c1-12(2,3)7-9-4-5-10(8-14)11(13)6-9/h4-6H,7H2,1-3H3. The summed E-state index contributed by atoms with van der Waals surface area (Å²) in [6.45, 7) is 6.54. The fourth-order valence-corrected chi connectivity index (χ4v) is 1.62.